The molecule has 0 amide bonds. The van der Waals surface area contributed by atoms with Crippen molar-refractivity contribution in [1.82, 2.24) is 0 Å². The Kier molecular flexibility index (Phi) is 19.8. The van der Waals surface area contributed by atoms with Gasteiger partial charge in [-0.25, -0.2) is 0 Å². The van der Waals surface area contributed by atoms with Crippen LogP contribution in [0.25, 0.3) is 0 Å². The van der Waals surface area contributed by atoms with Crippen LogP contribution in [0, 0.1) is 0 Å². The van der Waals surface area contributed by atoms with Crippen molar-refractivity contribution in [3.05, 3.63) is 0 Å². The summed E-state index contributed by atoms with van der Waals surface area (Å²) < 4.78 is 3.16. The Bertz CT molecular complexity index is 42.2. The number of hydrogen-bond donors (Lipinski definition) is 0. The van der Waals surface area contributed by atoms with E-state index in [4.69, 9.17) is 0 Å². The molecule has 9 heteroatoms. The summed E-state index contributed by atoms with van der Waals surface area (Å²) in [5.41, 5.74) is 0. The van der Waals surface area contributed by atoms with Crippen molar-refractivity contribution in [2.24, 2.45) is 0 Å². The summed E-state index contributed by atoms with van der Waals surface area (Å²) in [5, 5.41) is 0. The summed E-state index contributed by atoms with van der Waals surface area (Å²) in [6, 6.07) is 0. The maximum Gasteiger partial charge on any atom is 2.00 e. The molecule has 0 aliphatic carbocycles. The summed E-state index contributed by atoms with van der Waals surface area (Å²) in [7, 11) is -6.47. The fourth-order valence-electron chi connectivity index (χ4n) is 0.0544. The Morgan fingerprint density at radius 2 is 1.00 bits per heavy atom. The number of hydrogen-bond acceptors (Lipinski definition) is 5. The van der Waals surface area contributed by atoms with Gasteiger partial charge in [-0.2, -0.15) is 17.2 Å². The average Bonchev–Trinajstić information content (AvgIpc) is 1.27. The van der Waals surface area contributed by atoms with E-state index in [9.17, 15) is 19.6 Å². The van der Waals surface area contributed by atoms with Crippen molar-refractivity contribution >= 4 is 65.0 Å². The van der Waals surface area contributed by atoms with Crippen molar-refractivity contribution in [1.29, 1.82) is 0 Å². The molecular formula is O5P2Sn2. The van der Waals surface area contributed by atoms with E-state index >= 15 is 0 Å². The summed E-state index contributed by atoms with van der Waals surface area (Å²) in [6.45, 7) is 0. The third kappa shape index (κ3) is 17.9. The second kappa shape index (κ2) is 10.3. The predicted octanol–water partition coefficient (Wildman–Crippen LogP) is -3.86. The Morgan fingerprint density at radius 3 is 1.00 bits per heavy atom. The Morgan fingerprint density at radius 1 is 0.778 bits per heavy atom. The normalized spacial score (nSPS) is 8.67. The molecular weight excluding hydrogens is 379 g/mol. The van der Waals surface area contributed by atoms with E-state index in [2.05, 4.69) is 4.31 Å². The van der Waals surface area contributed by atoms with E-state index in [0.29, 0.717) is 0 Å². The van der Waals surface area contributed by atoms with E-state index in [1.807, 2.05) is 0 Å². The second-order valence-electron chi connectivity index (χ2n) is 0.529. The zero-order valence-electron chi connectivity index (χ0n) is 3.94. The molecule has 0 aromatic heterocycles. The fourth-order valence-corrected chi connectivity index (χ4v) is 0.490. The van der Waals surface area contributed by atoms with Gasteiger partial charge in [0, 0.05) is 0 Å². The summed E-state index contributed by atoms with van der Waals surface area (Å²) >= 11 is 0. The summed E-state index contributed by atoms with van der Waals surface area (Å²) in [5.74, 6) is 0. The molecule has 0 heterocycles. The molecule has 0 atom stereocenters. The van der Waals surface area contributed by atoms with Gasteiger partial charge in [0.05, 0.1) is 0 Å². The van der Waals surface area contributed by atoms with Crippen LogP contribution in [0.3, 0.4) is 0 Å². The van der Waals surface area contributed by atoms with Crippen molar-refractivity contribution < 1.29 is 23.9 Å². The maximum absolute atomic E-state index is 9.24. The monoisotopic (exact) mass is 382 g/mol. The second-order valence-corrected chi connectivity index (χ2v) is 2.08. The first kappa shape index (κ1) is 17.4. The molecule has 0 aliphatic rings. The SMILES string of the molecule is [O-]P([O-])OP([O-])[O-].[Sn+2].[Sn+2]. The van der Waals surface area contributed by atoms with Crippen LogP contribution in [0.4, 0.5) is 0 Å². The molecule has 0 N–H and O–H groups in total. The standard InChI is InChI=1S/O5P2.2Sn/c1-6(2)5-7(3)4;;/q-4;2*+2. The van der Waals surface area contributed by atoms with Crippen LogP contribution in [0.2, 0.25) is 0 Å². The van der Waals surface area contributed by atoms with E-state index < -0.39 is 17.2 Å². The van der Waals surface area contributed by atoms with Crippen molar-refractivity contribution in [2.75, 3.05) is 0 Å². The van der Waals surface area contributed by atoms with Gasteiger partial charge < -0.3 is 23.9 Å². The van der Waals surface area contributed by atoms with Gasteiger partial charge in [-0.3, -0.25) is 0 Å². The molecule has 9 heavy (non-hydrogen) atoms. The van der Waals surface area contributed by atoms with Crippen LogP contribution in [-0.4, -0.2) is 47.8 Å². The number of rotatable bonds is 2. The van der Waals surface area contributed by atoms with Crippen LogP contribution in [0.15, 0.2) is 0 Å². The minimum atomic E-state index is -3.24. The van der Waals surface area contributed by atoms with Crippen LogP contribution in [0.1, 0.15) is 0 Å². The van der Waals surface area contributed by atoms with Gasteiger partial charge >= 0.3 is 47.8 Å². The van der Waals surface area contributed by atoms with Crippen molar-refractivity contribution in [3.8, 4) is 0 Å². The maximum atomic E-state index is 9.24. The third-order valence-corrected chi connectivity index (χ3v) is 1.20. The van der Waals surface area contributed by atoms with Crippen molar-refractivity contribution in [2.45, 2.75) is 0 Å². The molecule has 0 aromatic rings. The van der Waals surface area contributed by atoms with Crippen LogP contribution < -0.4 is 19.6 Å². The van der Waals surface area contributed by atoms with Gasteiger partial charge in [-0.05, 0) is 0 Å². The van der Waals surface area contributed by atoms with Gasteiger partial charge in [0.2, 0.25) is 0 Å². The molecule has 0 aliphatic heterocycles. The quantitative estimate of drug-likeness (QED) is 0.361. The first-order chi connectivity index (χ1) is 3.13. The molecule has 0 aromatic carbocycles. The van der Waals surface area contributed by atoms with Gasteiger partial charge in [0.25, 0.3) is 0 Å². The molecule has 0 rings (SSSR count). The van der Waals surface area contributed by atoms with Crippen LogP contribution in [0.5, 0.6) is 0 Å². The molecule has 0 saturated carbocycles. The van der Waals surface area contributed by atoms with Gasteiger partial charge in [0.15, 0.2) is 0 Å². The largest absolute Gasteiger partial charge is 2.00 e. The Balaban J connectivity index is -0.000000180. The zero-order valence-corrected chi connectivity index (χ0v) is 11.4. The topological polar surface area (TPSA) is 101 Å². The predicted molar refractivity (Wildman–Crippen MR) is 26.4 cm³/mol. The first-order valence-electron chi connectivity index (χ1n) is 1.10. The van der Waals surface area contributed by atoms with Gasteiger partial charge in [-0.15, -0.1) is 0 Å². The third-order valence-electron chi connectivity index (χ3n) is 0.133. The summed E-state index contributed by atoms with van der Waals surface area (Å²) in [4.78, 5) is 37.0. The van der Waals surface area contributed by atoms with Gasteiger partial charge in [0.1, 0.15) is 0 Å². The minimum absolute atomic E-state index is 0. The molecule has 0 fully saturated rings. The molecule has 0 bridgehead atoms. The van der Waals surface area contributed by atoms with Crippen molar-refractivity contribution in [3.63, 3.8) is 0 Å². The molecule has 5 nitrogen and oxygen atoms in total. The van der Waals surface area contributed by atoms with E-state index in [1.165, 1.54) is 0 Å². The molecule has 48 valence electrons. The average molecular weight is 379 g/mol. The zero-order chi connectivity index (χ0) is 5.86. The molecule has 4 radical (unpaired) electrons. The fraction of sp³-hybridized carbons (Fsp3) is 0. The van der Waals surface area contributed by atoms with E-state index in [-0.39, 0.29) is 47.8 Å². The first-order valence-corrected chi connectivity index (χ1v) is 3.29. The van der Waals surface area contributed by atoms with Crippen LogP contribution in [-0.2, 0) is 4.31 Å². The Labute approximate surface area is 88.3 Å². The molecule has 0 spiro atoms. The summed E-state index contributed by atoms with van der Waals surface area (Å²) in [6.07, 6.45) is 0. The molecule has 0 saturated heterocycles. The van der Waals surface area contributed by atoms with E-state index in [0.717, 1.165) is 0 Å². The molecule has 0 unspecified atom stereocenters. The van der Waals surface area contributed by atoms with Gasteiger partial charge in [-0.1, -0.05) is 0 Å². The Hall–Kier alpha value is 2.26. The smallest absolute Gasteiger partial charge is 0.820 e. The van der Waals surface area contributed by atoms with E-state index in [1.54, 1.807) is 0 Å². The van der Waals surface area contributed by atoms with Crippen LogP contribution >= 0.6 is 17.2 Å². The minimum Gasteiger partial charge on any atom is -0.820 e.